The zero-order valence-electron chi connectivity index (χ0n) is 18.8. The van der Waals surface area contributed by atoms with Crippen molar-refractivity contribution in [1.82, 2.24) is 34.0 Å². The molecule has 1 N–H and O–H groups in total. The lowest BCUT2D eigenvalue weighted by Crippen LogP contribution is -2.31. The molecule has 0 unspecified atom stereocenters. The van der Waals surface area contributed by atoms with Crippen LogP contribution in [0.25, 0.3) is 27.9 Å². The van der Waals surface area contributed by atoms with E-state index in [9.17, 15) is 13.6 Å². The molecule has 0 bridgehead atoms. The molecule has 5 heterocycles. The van der Waals surface area contributed by atoms with Gasteiger partial charge in [0.2, 0.25) is 11.9 Å². The summed E-state index contributed by atoms with van der Waals surface area (Å²) < 4.78 is 28.9. The number of aryl methyl sites for hydroxylation is 1. The minimum Gasteiger partial charge on any atom is -0.356 e. The van der Waals surface area contributed by atoms with Crippen molar-refractivity contribution in [3.63, 3.8) is 0 Å². The molecule has 4 aromatic rings. The Balaban J connectivity index is 0.000000308. The number of rotatable bonds is 4. The lowest BCUT2D eigenvalue weighted by Gasteiger charge is -2.21. The van der Waals surface area contributed by atoms with Gasteiger partial charge >= 0.3 is 0 Å². The van der Waals surface area contributed by atoms with Gasteiger partial charge in [0.25, 0.3) is 6.43 Å². The van der Waals surface area contributed by atoms with Crippen molar-refractivity contribution < 1.29 is 15.0 Å². The molecule has 1 fully saturated rings. The molecule has 4 aromatic heterocycles. The highest BCUT2D eigenvalue weighted by Crippen LogP contribution is 2.26. The van der Waals surface area contributed by atoms with Gasteiger partial charge in [-0.05, 0) is 38.0 Å². The molecular formula is C22H28F2N8O. The van der Waals surface area contributed by atoms with Gasteiger partial charge in [-0.25, -0.2) is 28.2 Å². The summed E-state index contributed by atoms with van der Waals surface area (Å²) in [6.07, 6.45) is 4.06. The molecule has 33 heavy (non-hydrogen) atoms. The number of hydrogen-bond donors (Lipinski definition) is 1. The van der Waals surface area contributed by atoms with Gasteiger partial charge in [-0.3, -0.25) is 4.79 Å². The van der Waals surface area contributed by atoms with Gasteiger partial charge in [0.15, 0.2) is 5.65 Å². The first-order chi connectivity index (χ1) is 15.9. The highest BCUT2D eigenvalue weighted by Gasteiger charge is 2.16. The van der Waals surface area contributed by atoms with Gasteiger partial charge in [0.05, 0.1) is 24.0 Å². The molecule has 176 valence electrons. The van der Waals surface area contributed by atoms with Gasteiger partial charge in [-0.1, -0.05) is 0 Å². The van der Waals surface area contributed by atoms with Crippen molar-refractivity contribution in [1.29, 1.82) is 0 Å². The minimum absolute atomic E-state index is 0. The number of aromatic nitrogens is 6. The average Bonchev–Trinajstić information content (AvgIpc) is 3.36. The molecule has 0 saturated carbocycles. The zero-order valence-corrected chi connectivity index (χ0v) is 18.8. The van der Waals surface area contributed by atoms with Crippen LogP contribution in [0.3, 0.4) is 0 Å². The van der Waals surface area contributed by atoms with Crippen LogP contribution in [0, 0.1) is 6.92 Å². The summed E-state index contributed by atoms with van der Waals surface area (Å²) in [5.41, 5.74) is 3.31. The van der Waals surface area contributed by atoms with Gasteiger partial charge in [-0.2, -0.15) is 0 Å². The largest absolute Gasteiger partial charge is 0.356 e. The number of nitrogens with one attached hydrogen (secondary N) is 1. The van der Waals surface area contributed by atoms with Gasteiger partial charge < -0.3 is 14.8 Å². The molecule has 1 amide bonds. The topological polar surface area (TPSA) is 93.2 Å². The number of piperidine rings is 1. The predicted molar refractivity (Wildman–Crippen MR) is 123 cm³/mol. The smallest absolute Gasteiger partial charge is 0.256 e. The van der Waals surface area contributed by atoms with E-state index in [-0.39, 0.29) is 1.43 Å². The van der Waals surface area contributed by atoms with E-state index >= 15 is 0 Å². The molecule has 1 aliphatic heterocycles. The summed E-state index contributed by atoms with van der Waals surface area (Å²) in [5, 5.41) is 7.19. The summed E-state index contributed by atoms with van der Waals surface area (Å²) in [5.74, 6) is 1.32. The predicted octanol–water partition coefficient (Wildman–Crippen LogP) is 3.63. The molecule has 1 aliphatic rings. The highest BCUT2D eigenvalue weighted by molar-refractivity contribution is 5.82. The molecule has 0 radical (unpaired) electrons. The minimum atomic E-state index is -2.47. The number of pyridine rings is 1. The Kier molecular flexibility index (Phi) is 6.47. The van der Waals surface area contributed by atoms with Gasteiger partial charge in [-0.15, -0.1) is 5.10 Å². The number of alkyl halides is 2. The Hall–Kier alpha value is -3.63. The molecule has 0 atom stereocenters. The Morgan fingerprint density at radius 1 is 1.21 bits per heavy atom. The van der Waals surface area contributed by atoms with Crippen LogP contribution in [0.1, 0.15) is 26.5 Å². The third-order valence-corrected chi connectivity index (χ3v) is 5.58. The molecule has 5 rings (SSSR count). The quantitative estimate of drug-likeness (QED) is 0.502. The van der Waals surface area contributed by atoms with Gasteiger partial charge in [0, 0.05) is 40.2 Å². The number of fused-ring (bicyclic) bond motifs is 2. The van der Waals surface area contributed by atoms with E-state index in [0.717, 1.165) is 30.5 Å². The summed E-state index contributed by atoms with van der Waals surface area (Å²) in [6, 6.07) is 5.49. The van der Waals surface area contributed by atoms with Crippen LogP contribution in [0.2, 0.25) is 0 Å². The van der Waals surface area contributed by atoms with Crippen LogP contribution in [-0.4, -0.2) is 67.0 Å². The first kappa shape index (κ1) is 22.6. The molecule has 9 nitrogen and oxygen atoms in total. The number of hydrogen-bond acceptors (Lipinski definition) is 6. The summed E-state index contributed by atoms with van der Waals surface area (Å²) in [6.45, 7) is 2.23. The Bertz CT molecular complexity index is 1290. The van der Waals surface area contributed by atoms with E-state index in [1.54, 1.807) is 41.8 Å². The molecular weight excluding hydrogens is 430 g/mol. The van der Waals surface area contributed by atoms with E-state index in [0.29, 0.717) is 34.5 Å². The summed E-state index contributed by atoms with van der Waals surface area (Å²) in [4.78, 5) is 25.6. The molecule has 1 saturated heterocycles. The third-order valence-electron chi connectivity index (χ3n) is 5.58. The maximum Gasteiger partial charge on any atom is 0.256 e. The lowest BCUT2D eigenvalue weighted by atomic mass is 10.1. The van der Waals surface area contributed by atoms with Crippen molar-refractivity contribution in [2.45, 2.75) is 39.2 Å². The second-order valence-corrected chi connectivity index (χ2v) is 7.86. The fourth-order valence-electron chi connectivity index (χ4n) is 3.79. The normalized spacial score (nSPS) is 14.1. The summed E-state index contributed by atoms with van der Waals surface area (Å²) in [7, 11) is 3.61. The zero-order chi connectivity index (χ0) is 23.5. The summed E-state index contributed by atoms with van der Waals surface area (Å²) >= 11 is 0. The second kappa shape index (κ2) is 9.47. The Morgan fingerprint density at radius 2 is 2.03 bits per heavy atom. The third kappa shape index (κ3) is 4.76. The standard InChI is InChI=1S/C16H15F2N7.C6H11NO.H2/c1-9-21-12-4-3-11(22-15(12)24(9)8-14(17)18)10-5-6-25-13(10)7-20-16(19-2)23-25;1-7-5-3-2-4-6(7)8;/h3-7,14H,8H2,1-2H3,(H,19,23);2-5H2,1H3;1H. The van der Waals surface area contributed by atoms with E-state index < -0.39 is 13.0 Å². The average molecular weight is 459 g/mol. The van der Waals surface area contributed by atoms with Crippen molar-refractivity contribution in [2.75, 3.05) is 26.0 Å². The van der Waals surface area contributed by atoms with Crippen molar-refractivity contribution in [3.05, 3.63) is 36.4 Å². The number of likely N-dealkylation sites (tertiary alicyclic amines) is 1. The van der Waals surface area contributed by atoms with E-state index in [2.05, 4.69) is 25.4 Å². The van der Waals surface area contributed by atoms with Crippen LogP contribution in [0.4, 0.5) is 14.7 Å². The van der Waals surface area contributed by atoms with Gasteiger partial charge in [0.1, 0.15) is 11.3 Å². The fraction of sp³-hybridized carbons (Fsp3) is 0.409. The van der Waals surface area contributed by atoms with Crippen LogP contribution in [-0.2, 0) is 11.3 Å². The van der Waals surface area contributed by atoms with Crippen LogP contribution in [0.5, 0.6) is 0 Å². The number of carbonyl (C=O) groups is 1. The van der Waals surface area contributed by atoms with E-state index in [4.69, 9.17) is 0 Å². The fourth-order valence-corrected chi connectivity index (χ4v) is 3.79. The lowest BCUT2D eigenvalue weighted by molar-refractivity contribution is -0.131. The molecule has 11 heteroatoms. The Morgan fingerprint density at radius 3 is 2.70 bits per heavy atom. The van der Waals surface area contributed by atoms with E-state index in [1.807, 2.05) is 19.2 Å². The monoisotopic (exact) mass is 458 g/mol. The number of amides is 1. The highest BCUT2D eigenvalue weighted by atomic mass is 19.3. The SMILES string of the molecule is CN1CCCCC1=O.CNc1ncc2c(-c3ccc4nc(C)n(CC(F)F)c4n3)ccn2n1.[HH]. The number of nitrogens with zero attached hydrogens (tertiary/aromatic N) is 7. The second-order valence-electron chi connectivity index (χ2n) is 7.86. The maximum atomic E-state index is 12.9. The van der Waals surface area contributed by atoms with Crippen LogP contribution >= 0.6 is 0 Å². The number of imidazole rings is 1. The van der Waals surface area contributed by atoms with Crippen molar-refractivity contribution in [3.8, 4) is 11.3 Å². The Labute approximate surface area is 190 Å². The molecule has 0 aromatic carbocycles. The molecule has 0 spiro atoms. The van der Waals surface area contributed by atoms with E-state index in [1.165, 1.54) is 11.0 Å². The van der Waals surface area contributed by atoms with Crippen molar-refractivity contribution >= 4 is 28.5 Å². The van der Waals surface area contributed by atoms with Crippen LogP contribution in [0.15, 0.2) is 30.6 Å². The number of anilines is 1. The molecule has 0 aliphatic carbocycles. The van der Waals surface area contributed by atoms with Crippen LogP contribution < -0.4 is 5.32 Å². The number of halogens is 2. The maximum absolute atomic E-state index is 12.9. The van der Waals surface area contributed by atoms with Crippen molar-refractivity contribution in [2.24, 2.45) is 0 Å². The first-order valence-corrected chi connectivity index (χ1v) is 10.8. The first-order valence-electron chi connectivity index (χ1n) is 10.8. The number of carbonyl (C=O) groups excluding carboxylic acids is 1.